The van der Waals surface area contributed by atoms with E-state index in [1.807, 2.05) is 25.4 Å². The summed E-state index contributed by atoms with van der Waals surface area (Å²) in [6, 6.07) is 5.69. The van der Waals surface area contributed by atoms with Gasteiger partial charge in [0, 0.05) is 11.1 Å². The van der Waals surface area contributed by atoms with Crippen LogP contribution >= 0.6 is 34.5 Å². The zero-order chi connectivity index (χ0) is 11.5. The summed E-state index contributed by atoms with van der Waals surface area (Å²) < 4.78 is 0. The minimum absolute atomic E-state index is 0.0405. The Bertz CT molecular complexity index is 471. The van der Waals surface area contributed by atoms with Crippen LogP contribution in [0.15, 0.2) is 29.9 Å². The molecule has 2 aromatic rings. The van der Waals surface area contributed by atoms with Gasteiger partial charge >= 0.3 is 0 Å². The molecule has 2 rings (SSSR count). The molecule has 1 N–H and O–H groups in total. The zero-order valence-electron chi connectivity index (χ0n) is 8.58. The highest BCUT2D eigenvalue weighted by Gasteiger charge is 2.17. The van der Waals surface area contributed by atoms with Crippen LogP contribution < -0.4 is 5.32 Å². The number of aromatic nitrogens is 1. The van der Waals surface area contributed by atoms with Gasteiger partial charge in [-0.2, -0.15) is 0 Å². The molecule has 0 bridgehead atoms. The second-order valence-corrected chi connectivity index (χ2v) is 4.97. The molecule has 1 unspecified atom stereocenters. The standard InChI is InChI=1S/C11H10Cl2N2S/c1-14-11(9-5-15-6-16-9)7-3-2-4-8(12)10(7)13/h2-6,11,14H,1H3. The number of thiazole rings is 1. The van der Waals surface area contributed by atoms with Crippen LogP contribution in [-0.2, 0) is 0 Å². The Morgan fingerprint density at radius 3 is 2.81 bits per heavy atom. The normalized spacial score (nSPS) is 12.7. The Morgan fingerprint density at radius 1 is 1.38 bits per heavy atom. The third-order valence-electron chi connectivity index (χ3n) is 2.32. The van der Waals surface area contributed by atoms with E-state index in [9.17, 15) is 0 Å². The van der Waals surface area contributed by atoms with E-state index < -0.39 is 0 Å². The first-order chi connectivity index (χ1) is 7.74. The first-order valence-corrected chi connectivity index (χ1v) is 6.37. The van der Waals surface area contributed by atoms with Crippen molar-refractivity contribution in [3.63, 3.8) is 0 Å². The molecule has 0 aliphatic heterocycles. The van der Waals surface area contributed by atoms with E-state index in [0.717, 1.165) is 10.4 Å². The summed E-state index contributed by atoms with van der Waals surface area (Å²) in [4.78, 5) is 5.19. The third kappa shape index (κ3) is 2.23. The van der Waals surface area contributed by atoms with E-state index in [-0.39, 0.29) is 6.04 Å². The number of benzene rings is 1. The molecule has 2 nitrogen and oxygen atoms in total. The lowest BCUT2D eigenvalue weighted by Crippen LogP contribution is -2.16. The van der Waals surface area contributed by atoms with Gasteiger partial charge in [0.1, 0.15) is 0 Å². The molecule has 1 atom stereocenters. The monoisotopic (exact) mass is 272 g/mol. The average molecular weight is 273 g/mol. The minimum atomic E-state index is 0.0405. The van der Waals surface area contributed by atoms with Crippen molar-refractivity contribution in [1.82, 2.24) is 10.3 Å². The molecular formula is C11H10Cl2N2S. The van der Waals surface area contributed by atoms with E-state index >= 15 is 0 Å². The predicted octanol–water partition coefficient (Wildman–Crippen LogP) is 3.76. The van der Waals surface area contributed by atoms with Gasteiger partial charge in [0.15, 0.2) is 0 Å². The summed E-state index contributed by atoms with van der Waals surface area (Å²) in [5.41, 5.74) is 2.78. The van der Waals surface area contributed by atoms with Crippen LogP contribution in [0, 0.1) is 0 Å². The fraction of sp³-hybridized carbons (Fsp3) is 0.182. The lowest BCUT2D eigenvalue weighted by atomic mass is 10.1. The van der Waals surface area contributed by atoms with Gasteiger partial charge in [-0.25, -0.2) is 0 Å². The van der Waals surface area contributed by atoms with E-state index in [2.05, 4.69) is 10.3 Å². The molecule has 0 radical (unpaired) electrons. The van der Waals surface area contributed by atoms with Crippen LogP contribution in [0.1, 0.15) is 16.5 Å². The maximum Gasteiger partial charge on any atom is 0.0794 e. The van der Waals surface area contributed by atoms with Crippen molar-refractivity contribution in [3.05, 3.63) is 50.4 Å². The molecule has 0 fully saturated rings. The molecule has 5 heteroatoms. The Balaban J connectivity index is 2.45. The molecule has 0 saturated heterocycles. The Hall–Kier alpha value is -0.610. The largest absolute Gasteiger partial charge is 0.309 e. The SMILES string of the molecule is CNC(c1cncs1)c1cccc(Cl)c1Cl. The molecule has 1 aromatic carbocycles. The van der Waals surface area contributed by atoms with Gasteiger partial charge in [-0.3, -0.25) is 4.98 Å². The van der Waals surface area contributed by atoms with Crippen LogP contribution in [0.2, 0.25) is 10.0 Å². The van der Waals surface area contributed by atoms with Crippen LogP contribution in [0.25, 0.3) is 0 Å². The molecule has 1 heterocycles. The summed E-state index contributed by atoms with van der Waals surface area (Å²) in [6.45, 7) is 0. The van der Waals surface area contributed by atoms with Gasteiger partial charge in [0.05, 0.1) is 21.6 Å². The maximum atomic E-state index is 6.20. The summed E-state index contributed by atoms with van der Waals surface area (Å²) >= 11 is 13.8. The van der Waals surface area contributed by atoms with Gasteiger partial charge in [-0.05, 0) is 18.7 Å². The fourth-order valence-corrected chi connectivity index (χ4v) is 2.73. The number of halogens is 2. The molecular weight excluding hydrogens is 263 g/mol. The lowest BCUT2D eigenvalue weighted by molar-refractivity contribution is 0.702. The fourth-order valence-electron chi connectivity index (χ4n) is 1.56. The predicted molar refractivity (Wildman–Crippen MR) is 69.5 cm³/mol. The summed E-state index contributed by atoms with van der Waals surface area (Å²) in [5, 5.41) is 4.38. The van der Waals surface area contributed by atoms with Crippen molar-refractivity contribution >= 4 is 34.5 Å². The Kier molecular flexibility index (Phi) is 3.82. The van der Waals surface area contributed by atoms with Crippen LogP contribution in [-0.4, -0.2) is 12.0 Å². The van der Waals surface area contributed by atoms with Crippen molar-refractivity contribution in [2.75, 3.05) is 7.05 Å². The van der Waals surface area contributed by atoms with E-state index in [1.54, 1.807) is 22.9 Å². The molecule has 0 spiro atoms. The first-order valence-electron chi connectivity index (χ1n) is 4.73. The number of nitrogens with zero attached hydrogens (tertiary/aromatic N) is 1. The quantitative estimate of drug-likeness (QED) is 0.921. The summed E-state index contributed by atoms with van der Waals surface area (Å²) in [6.07, 6.45) is 1.84. The maximum absolute atomic E-state index is 6.20. The smallest absolute Gasteiger partial charge is 0.0794 e. The van der Waals surface area contributed by atoms with E-state index in [4.69, 9.17) is 23.2 Å². The van der Waals surface area contributed by atoms with Crippen molar-refractivity contribution < 1.29 is 0 Å². The summed E-state index contributed by atoms with van der Waals surface area (Å²) in [7, 11) is 1.89. The topological polar surface area (TPSA) is 24.9 Å². The average Bonchev–Trinajstić information content (AvgIpc) is 2.79. The van der Waals surface area contributed by atoms with E-state index in [0.29, 0.717) is 10.0 Å². The van der Waals surface area contributed by atoms with Crippen LogP contribution in [0.5, 0.6) is 0 Å². The van der Waals surface area contributed by atoms with Crippen molar-refractivity contribution in [1.29, 1.82) is 0 Å². The van der Waals surface area contributed by atoms with Gasteiger partial charge in [-0.1, -0.05) is 35.3 Å². The summed E-state index contributed by atoms with van der Waals surface area (Å²) in [5.74, 6) is 0. The van der Waals surface area contributed by atoms with Gasteiger partial charge < -0.3 is 5.32 Å². The second-order valence-electron chi connectivity index (χ2n) is 3.27. The molecule has 0 amide bonds. The molecule has 0 saturated carbocycles. The number of hydrogen-bond acceptors (Lipinski definition) is 3. The first kappa shape index (κ1) is 11.9. The van der Waals surface area contributed by atoms with E-state index in [1.165, 1.54) is 0 Å². The molecule has 0 aliphatic carbocycles. The Morgan fingerprint density at radius 2 is 2.19 bits per heavy atom. The molecule has 1 aromatic heterocycles. The lowest BCUT2D eigenvalue weighted by Gasteiger charge is -2.16. The van der Waals surface area contributed by atoms with Crippen molar-refractivity contribution in [3.8, 4) is 0 Å². The van der Waals surface area contributed by atoms with Gasteiger partial charge in [-0.15, -0.1) is 11.3 Å². The number of rotatable bonds is 3. The van der Waals surface area contributed by atoms with Gasteiger partial charge in [0.2, 0.25) is 0 Å². The van der Waals surface area contributed by atoms with Crippen molar-refractivity contribution in [2.45, 2.75) is 6.04 Å². The van der Waals surface area contributed by atoms with Crippen LogP contribution in [0.4, 0.5) is 0 Å². The second kappa shape index (κ2) is 5.15. The Labute approximate surface area is 108 Å². The highest BCUT2D eigenvalue weighted by molar-refractivity contribution is 7.09. The zero-order valence-corrected chi connectivity index (χ0v) is 10.9. The molecule has 84 valence electrons. The molecule has 16 heavy (non-hydrogen) atoms. The third-order valence-corrected chi connectivity index (χ3v) is 3.99. The molecule has 0 aliphatic rings. The van der Waals surface area contributed by atoms with Gasteiger partial charge in [0.25, 0.3) is 0 Å². The highest BCUT2D eigenvalue weighted by atomic mass is 35.5. The van der Waals surface area contributed by atoms with Crippen LogP contribution in [0.3, 0.4) is 0 Å². The highest BCUT2D eigenvalue weighted by Crippen LogP contribution is 2.33. The van der Waals surface area contributed by atoms with Crippen molar-refractivity contribution in [2.24, 2.45) is 0 Å². The number of nitrogens with one attached hydrogen (secondary N) is 1. The number of hydrogen-bond donors (Lipinski definition) is 1. The minimum Gasteiger partial charge on any atom is -0.309 e.